The normalized spacial score (nSPS) is 17.6. The van der Waals surface area contributed by atoms with Crippen LogP contribution >= 0.6 is 23.2 Å². The van der Waals surface area contributed by atoms with Gasteiger partial charge in [0.15, 0.2) is 5.82 Å². The molecule has 37 heavy (non-hydrogen) atoms. The molecule has 0 spiro atoms. The summed E-state index contributed by atoms with van der Waals surface area (Å²) in [6, 6.07) is 8.65. The van der Waals surface area contributed by atoms with Gasteiger partial charge >= 0.3 is 6.03 Å². The number of nitrogens with one attached hydrogen (secondary N) is 1. The second-order valence-corrected chi connectivity index (χ2v) is 12.1. The predicted molar refractivity (Wildman–Crippen MR) is 138 cm³/mol. The molecule has 2 aliphatic rings. The fraction of sp³-hybridized carbons (Fsp3) is 0.375. The van der Waals surface area contributed by atoms with Crippen LogP contribution in [-0.4, -0.2) is 65.7 Å². The second-order valence-electron chi connectivity index (χ2n) is 9.04. The van der Waals surface area contributed by atoms with Crippen molar-refractivity contribution in [2.75, 3.05) is 37.2 Å². The van der Waals surface area contributed by atoms with Crippen LogP contribution in [0.15, 0.2) is 40.9 Å². The molecule has 9 nitrogen and oxygen atoms in total. The summed E-state index contributed by atoms with van der Waals surface area (Å²) in [5, 5.41) is 7.66. The lowest BCUT2D eigenvalue weighted by atomic mass is 9.94. The zero-order chi connectivity index (χ0) is 26.4. The second kappa shape index (κ2) is 9.86. The lowest BCUT2D eigenvalue weighted by molar-refractivity contribution is 0.184. The van der Waals surface area contributed by atoms with Crippen molar-refractivity contribution in [3.63, 3.8) is 0 Å². The number of carbonyl (C=O) groups excluding carboxylic acids is 1. The first kappa shape index (κ1) is 25.9. The summed E-state index contributed by atoms with van der Waals surface area (Å²) >= 11 is 13.3. The van der Waals surface area contributed by atoms with Gasteiger partial charge in [-0.15, -0.1) is 0 Å². The molecule has 5 rings (SSSR count). The Bertz CT molecular complexity index is 1410. The summed E-state index contributed by atoms with van der Waals surface area (Å²) in [4.78, 5) is 18.9. The first-order valence-corrected chi connectivity index (χ1v) is 14.1. The highest BCUT2D eigenvalue weighted by molar-refractivity contribution is 7.89. The van der Waals surface area contributed by atoms with Gasteiger partial charge in [-0.05, 0) is 56.2 Å². The minimum atomic E-state index is -3.28. The van der Waals surface area contributed by atoms with Crippen LogP contribution in [0.25, 0.3) is 11.5 Å². The molecule has 2 heterocycles. The molecule has 2 aromatic carbocycles. The molecule has 1 aliphatic carbocycles. The first-order chi connectivity index (χ1) is 17.6. The van der Waals surface area contributed by atoms with E-state index in [-0.39, 0.29) is 49.7 Å². The van der Waals surface area contributed by atoms with E-state index in [1.807, 2.05) is 0 Å². The number of amides is 2. The van der Waals surface area contributed by atoms with E-state index in [9.17, 15) is 17.6 Å². The van der Waals surface area contributed by atoms with E-state index in [0.29, 0.717) is 45.5 Å². The van der Waals surface area contributed by atoms with Crippen molar-refractivity contribution in [2.45, 2.75) is 25.2 Å². The molecule has 0 bridgehead atoms. The topological polar surface area (TPSA) is 109 Å². The van der Waals surface area contributed by atoms with Crippen LogP contribution in [0.2, 0.25) is 10.0 Å². The number of hydrogen-bond acceptors (Lipinski definition) is 6. The van der Waals surface area contributed by atoms with Gasteiger partial charge in [0.25, 0.3) is 5.89 Å². The van der Waals surface area contributed by atoms with Crippen LogP contribution < -0.4 is 5.32 Å². The van der Waals surface area contributed by atoms with Crippen molar-refractivity contribution >= 4 is 44.9 Å². The van der Waals surface area contributed by atoms with E-state index in [2.05, 4.69) is 15.5 Å². The van der Waals surface area contributed by atoms with Gasteiger partial charge in [-0.1, -0.05) is 28.4 Å². The third-order valence-electron chi connectivity index (χ3n) is 6.75. The van der Waals surface area contributed by atoms with Crippen molar-refractivity contribution in [2.24, 2.45) is 0 Å². The van der Waals surface area contributed by atoms with Gasteiger partial charge < -0.3 is 14.7 Å². The third kappa shape index (κ3) is 5.05. The number of rotatable bonds is 6. The third-order valence-corrected chi connectivity index (χ3v) is 9.23. The Kier molecular flexibility index (Phi) is 6.90. The number of benzene rings is 2. The SMILES string of the molecule is CCS(=O)(=O)N1CCN(C(=O)Nc2cc(Cl)c(C3(c4noc(-c5ccc(F)cc5)n4)CC3)c(Cl)c2)CC1. The molecule has 13 heteroatoms. The first-order valence-electron chi connectivity index (χ1n) is 11.8. The number of urea groups is 1. The Morgan fingerprint density at radius 1 is 1.11 bits per heavy atom. The van der Waals surface area contributed by atoms with Crippen molar-refractivity contribution in [1.29, 1.82) is 0 Å². The molecular weight excluding hydrogens is 544 g/mol. The number of aromatic nitrogens is 2. The molecule has 1 aromatic heterocycles. The quantitative estimate of drug-likeness (QED) is 0.460. The van der Waals surface area contributed by atoms with E-state index in [4.69, 9.17) is 27.7 Å². The lowest BCUT2D eigenvalue weighted by Crippen LogP contribution is -2.51. The van der Waals surface area contributed by atoms with Crippen LogP contribution in [0.3, 0.4) is 0 Å². The average Bonchev–Trinajstić information content (AvgIpc) is 3.50. The molecular formula is C24H24Cl2FN5O4S. The Morgan fingerprint density at radius 3 is 2.30 bits per heavy atom. The maximum absolute atomic E-state index is 13.3. The summed E-state index contributed by atoms with van der Waals surface area (Å²) in [7, 11) is -3.28. The van der Waals surface area contributed by atoms with Crippen molar-refractivity contribution in [3.05, 3.63) is 63.6 Å². The van der Waals surface area contributed by atoms with Crippen molar-refractivity contribution in [1.82, 2.24) is 19.3 Å². The maximum Gasteiger partial charge on any atom is 0.321 e. The Balaban J connectivity index is 1.31. The molecule has 196 valence electrons. The number of anilines is 1. The van der Waals surface area contributed by atoms with Gasteiger partial charge in [0, 0.05) is 53.0 Å². The van der Waals surface area contributed by atoms with E-state index in [1.54, 1.807) is 36.1 Å². The molecule has 1 saturated heterocycles. The zero-order valence-corrected chi connectivity index (χ0v) is 22.2. The average molecular weight is 568 g/mol. The van der Waals surface area contributed by atoms with Gasteiger partial charge in [0.05, 0.1) is 11.2 Å². The summed E-state index contributed by atoms with van der Waals surface area (Å²) < 4.78 is 44.2. The Labute approximate surface area is 223 Å². The molecule has 2 fully saturated rings. The number of piperazine rings is 1. The van der Waals surface area contributed by atoms with Crippen LogP contribution in [0, 0.1) is 5.82 Å². The van der Waals surface area contributed by atoms with E-state index >= 15 is 0 Å². The maximum atomic E-state index is 13.3. The molecule has 2 amide bonds. The Morgan fingerprint density at radius 2 is 1.73 bits per heavy atom. The van der Waals surface area contributed by atoms with Gasteiger partial charge in [0.2, 0.25) is 10.0 Å². The zero-order valence-electron chi connectivity index (χ0n) is 19.9. The van der Waals surface area contributed by atoms with Gasteiger partial charge in [-0.3, -0.25) is 0 Å². The van der Waals surface area contributed by atoms with Crippen molar-refractivity contribution in [3.8, 4) is 11.5 Å². The molecule has 3 aromatic rings. The predicted octanol–water partition coefficient (Wildman–Crippen LogP) is 4.76. The van der Waals surface area contributed by atoms with Crippen molar-refractivity contribution < 1.29 is 22.1 Å². The van der Waals surface area contributed by atoms with Crippen LogP contribution in [0.1, 0.15) is 31.2 Å². The highest BCUT2D eigenvalue weighted by atomic mass is 35.5. The monoisotopic (exact) mass is 567 g/mol. The molecule has 0 radical (unpaired) electrons. The highest BCUT2D eigenvalue weighted by Crippen LogP contribution is 2.57. The molecule has 1 N–H and O–H groups in total. The summed E-state index contributed by atoms with van der Waals surface area (Å²) in [5.41, 5.74) is 1.06. The molecule has 1 aliphatic heterocycles. The standard InChI is InChI=1S/C24H24Cl2FN5O4S/c1-2-37(34,35)32-11-9-31(10-12-32)23(33)28-17-13-18(25)20(19(26)14-17)24(7-8-24)22-29-21(36-30-22)15-3-5-16(27)6-4-15/h3-6,13-14H,2,7-12H2,1H3,(H,28,33). The highest BCUT2D eigenvalue weighted by Gasteiger charge is 2.52. The number of carbonyl (C=O) groups is 1. The molecule has 1 saturated carbocycles. The van der Waals surface area contributed by atoms with E-state index in [0.717, 1.165) is 0 Å². The van der Waals surface area contributed by atoms with Gasteiger partial charge in [-0.2, -0.15) is 9.29 Å². The number of halogens is 3. The molecule has 0 atom stereocenters. The fourth-order valence-corrected chi connectivity index (χ4v) is 6.43. The summed E-state index contributed by atoms with van der Waals surface area (Å²) in [6.07, 6.45) is 1.43. The lowest BCUT2D eigenvalue weighted by Gasteiger charge is -2.33. The van der Waals surface area contributed by atoms with Crippen LogP contribution in [0.4, 0.5) is 14.9 Å². The van der Waals surface area contributed by atoms with E-state index < -0.39 is 15.4 Å². The van der Waals surface area contributed by atoms with Crippen LogP contribution in [-0.2, 0) is 15.4 Å². The number of sulfonamides is 1. The number of nitrogens with zero attached hydrogens (tertiary/aromatic N) is 4. The minimum Gasteiger partial charge on any atom is -0.334 e. The Hall–Kier alpha value is -2.73. The largest absolute Gasteiger partial charge is 0.334 e. The molecule has 0 unspecified atom stereocenters. The fourth-order valence-electron chi connectivity index (χ4n) is 4.49. The van der Waals surface area contributed by atoms with Gasteiger partial charge in [-0.25, -0.2) is 17.6 Å². The summed E-state index contributed by atoms with van der Waals surface area (Å²) in [5.74, 6) is 0.373. The van der Waals surface area contributed by atoms with E-state index in [1.165, 1.54) is 16.4 Å². The number of hydrogen-bond donors (Lipinski definition) is 1. The van der Waals surface area contributed by atoms with Gasteiger partial charge in [0.1, 0.15) is 5.82 Å². The smallest absolute Gasteiger partial charge is 0.321 e. The minimum absolute atomic E-state index is 0.0292. The van der Waals surface area contributed by atoms with Crippen LogP contribution in [0.5, 0.6) is 0 Å². The summed E-state index contributed by atoms with van der Waals surface area (Å²) in [6.45, 7) is 2.65.